The van der Waals surface area contributed by atoms with E-state index in [9.17, 15) is 13.2 Å². The molecule has 0 amide bonds. The maximum atomic E-state index is 13.8. The van der Waals surface area contributed by atoms with Gasteiger partial charge in [0.05, 0.1) is 6.04 Å². The van der Waals surface area contributed by atoms with Gasteiger partial charge in [-0.15, -0.1) is 0 Å². The highest BCUT2D eigenvalue weighted by Gasteiger charge is 2.20. The zero-order chi connectivity index (χ0) is 13.3. The Kier molecular flexibility index (Phi) is 3.39. The first-order valence-corrected chi connectivity index (χ1v) is 5.47. The molecule has 2 aromatic carbocycles. The Labute approximate surface area is 103 Å². The van der Waals surface area contributed by atoms with E-state index in [1.54, 1.807) is 6.07 Å². The van der Waals surface area contributed by atoms with Gasteiger partial charge in [0.25, 0.3) is 0 Å². The number of nitrogens with two attached hydrogens (primary N) is 1. The van der Waals surface area contributed by atoms with E-state index in [1.807, 2.05) is 0 Å². The molecule has 4 heteroatoms. The van der Waals surface area contributed by atoms with Crippen LogP contribution in [-0.2, 0) is 0 Å². The summed E-state index contributed by atoms with van der Waals surface area (Å²) in [5.41, 5.74) is 6.07. The smallest absolute Gasteiger partial charge is 0.164 e. The summed E-state index contributed by atoms with van der Waals surface area (Å²) in [6.07, 6.45) is 0. The summed E-state index contributed by atoms with van der Waals surface area (Å²) in [5, 5.41) is 0. The van der Waals surface area contributed by atoms with Crippen molar-refractivity contribution in [3.63, 3.8) is 0 Å². The SMILES string of the molecule is Cc1ccc(C(N)c2ccccc2F)c(F)c1F. The van der Waals surface area contributed by atoms with E-state index >= 15 is 0 Å². The van der Waals surface area contributed by atoms with Crippen molar-refractivity contribution in [2.24, 2.45) is 5.73 Å². The lowest BCUT2D eigenvalue weighted by Crippen LogP contribution is -2.16. The zero-order valence-corrected chi connectivity index (χ0v) is 9.75. The van der Waals surface area contributed by atoms with E-state index < -0.39 is 23.5 Å². The molecule has 0 spiro atoms. The van der Waals surface area contributed by atoms with Crippen LogP contribution in [0.15, 0.2) is 36.4 Å². The first-order chi connectivity index (χ1) is 8.52. The summed E-state index contributed by atoms with van der Waals surface area (Å²) < 4.78 is 40.7. The van der Waals surface area contributed by atoms with Crippen molar-refractivity contribution in [2.75, 3.05) is 0 Å². The molecule has 94 valence electrons. The lowest BCUT2D eigenvalue weighted by atomic mass is 9.97. The van der Waals surface area contributed by atoms with Crippen LogP contribution in [0.3, 0.4) is 0 Å². The highest BCUT2D eigenvalue weighted by molar-refractivity contribution is 5.35. The van der Waals surface area contributed by atoms with Crippen LogP contribution in [0.4, 0.5) is 13.2 Å². The molecule has 1 atom stereocenters. The highest BCUT2D eigenvalue weighted by atomic mass is 19.2. The van der Waals surface area contributed by atoms with Crippen LogP contribution in [0.25, 0.3) is 0 Å². The molecule has 0 saturated carbocycles. The molecule has 0 heterocycles. The van der Waals surface area contributed by atoms with Gasteiger partial charge in [-0.2, -0.15) is 0 Å². The summed E-state index contributed by atoms with van der Waals surface area (Å²) in [6, 6.07) is 7.58. The van der Waals surface area contributed by atoms with Crippen molar-refractivity contribution in [3.8, 4) is 0 Å². The summed E-state index contributed by atoms with van der Waals surface area (Å²) in [6.45, 7) is 1.46. The van der Waals surface area contributed by atoms with Gasteiger partial charge in [0, 0.05) is 11.1 Å². The second-order valence-electron chi connectivity index (χ2n) is 4.10. The van der Waals surface area contributed by atoms with Gasteiger partial charge >= 0.3 is 0 Å². The third-order valence-corrected chi connectivity index (χ3v) is 2.88. The minimum absolute atomic E-state index is 0.0526. The molecule has 1 unspecified atom stereocenters. The Bertz CT molecular complexity index is 581. The molecular weight excluding hydrogens is 239 g/mol. The lowest BCUT2D eigenvalue weighted by Gasteiger charge is -2.15. The maximum Gasteiger partial charge on any atom is 0.164 e. The van der Waals surface area contributed by atoms with Crippen molar-refractivity contribution < 1.29 is 13.2 Å². The van der Waals surface area contributed by atoms with Crippen molar-refractivity contribution in [1.82, 2.24) is 0 Å². The van der Waals surface area contributed by atoms with Crippen molar-refractivity contribution in [3.05, 3.63) is 70.5 Å². The predicted octanol–water partition coefficient (Wildman–Crippen LogP) is 3.46. The molecule has 0 aromatic heterocycles. The molecule has 1 nitrogen and oxygen atoms in total. The molecule has 0 aliphatic carbocycles. The van der Waals surface area contributed by atoms with E-state index in [1.165, 1.54) is 37.3 Å². The van der Waals surface area contributed by atoms with Crippen molar-refractivity contribution >= 4 is 0 Å². The summed E-state index contributed by atoms with van der Waals surface area (Å²) in [4.78, 5) is 0. The average molecular weight is 251 g/mol. The zero-order valence-electron chi connectivity index (χ0n) is 9.75. The van der Waals surface area contributed by atoms with Gasteiger partial charge in [0.1, 0.15) is 5.82 Å². The summed E-state index contributed by atoms with van der Waals surface area (Å²) in [7, 11) is 0. The summed E-state index contributed by atoms with van der Waals surface area (Å²) in [5.74, 6) is -2.50. The van der Waals surface area contributed by atoms with E-state index in [4.69, 9.17) is 5.73 Å². The molecule has 2 aromatic rings. The molecule has 18 heavy (non-hydrogen) atoms. The number of benzene rings is 2. The molecule has 0 saturated heterocycles. The molecule has 0 fully saturated rings. The third kappa shape index (κ3) is 2.11. The third-order valence-electron chi connectivity index (χ3n) is 2.88. The molecule has 2 N–H and O–H groups in total. The Balaban J connectivity index is 2.50. The van der Waals surface area contributed by atoms with E-state index in [-0.39, 0.29) is 16.7 Å². The monoisotopic (exact) mass is 251 g/mol. The van der Waals surface area contributed by atoms with Gasteiger partial charge in [-0.1, -0.05) is 30.3 Å². The van der Waals surface area contributed by atoms with Gasteiger partial charge in [0.2, 0.25) is 0 Å². The summed E-state index contributed by atoms with van der Waals surface area (Å²) >= 11 is 0. The van der Waals surface area contributed by atoms with Crippen LogP contribution in [-0.4, -0.2) is 0 Å². The number of halogens is 3. The van der Waals surface area contributed by atoms with Crippen LogP contribution in [0, 0.1) is 24.4 Å². The van der Waals surface area contributed by atoms with Crippen molar-refractivity contribution in [2.45, 2.75) is 13.0 Å². The largest absolute Gasteiger partial charge is 0.320 e. The number of hydrogen-bond donors (Lipinski definition) is 1. The van der Waals surface area contributed by atoms with Crippen LogP contribution in [0.1, 0.15) is 22.7 Å². The predicted molar refractivity (Wildman–Crippen MR) is 63.5 cm³/mol. The van der Waals surface area contributed by atoms with E-state index in [2.05, 4.69) is 0 Å². The van der Waals surface area contributed by atoms with Crippen LogP contribution in [0.5, 0.6) is 0 Å². The second-order valence-corrected chi connectivity index (χ2v) is 4.10. The minimum Gasteiger partial charge on any atom is -0.320 e. The topological polar surface area (TPSA) is 26.0 Å². The standard InChI is InChI=1S/C14H12F3N/c1-8-6-7-10(13(17)12(8)16)14(18)9-4-2-3-5-11(9)15/h2-7,14H,18H2,1H3. The van der Waals surface area contributed by atoms with E-state index in [0.29, 0.717) is 0 Å². The van der Waals surface area contributed by atoms with E-state index in [0.717, 1.165) is 0 Å². The molecule has 0 radical (unpaired) electrons. The molecule has 0 bridgehead atoms. The normalized spacial score (nSPS) is 12.5. The highest BCUT2D eigenvalue weighted by Crippen LogP contribution is 2.26. The number of aryl methyl sites for hydroxylation is 1. The minimum atomic E-state index is -1.03. The molecule has 0 aliphatic heterocycles. The molecule has 0 aliphatic rings. The molecule has 2 rings (SSSR count). The Morgan fingerprint density at radius 2 is 1.56 bits per heavy atom. The van der Waals surface area contributed by atoms with Gasteiger partial charge in [-0.05, 0) is 18.6 Å². The average Bonchev–Trinajstić information content (AvgIpc) is 2.36. The Morgan fingerprint density at radius 3 is 2.22 bits per heavy atom. The lowest BCUT2D eigenvalue weighted by molar-refractivity contribution is 0.487. The van der Waals surface area contributed by atoms with Crippen LogP contribution >= 0.6 is 0 Å². The fourth-order valence-electron chi connectivity index (χ4n) is 1.80. The quantitative estimate of drug-likeness (QED) is 0.869. The maximum absolute atomic E-state index is 13.8. The number of rotatable bonds is 2. The fourth-order valence-corrected chi connectivity index (χ4v) is 1.80. The van der Waals surface area contributed by atoms with Crippen molar-refractivity contribution in [1.29, 1.82) is 0 Å². The van der Waals surface area contributed by atoms with Gasteiger partial charge in [-0.3, -0.25) is 0 Å². The van der Waals surface area contributed by atoms with Gasteiger partial charge < -0.3 is 5.73 Å². The first-order valence-electron chi connectivity index (χ1n) is 5.47. The van der Waals surface area contributed by atoms with Crippen LogP contribution in [0.2, 0.25) is 0 Å². The Morgan fingerprint density at radius 1 is 0.889 bits per heavy atom. The van der Waals surface area contributed by atoms with Crippen LogP contribution < -0.4 is 5.73 Å². The fraction of sp³-hybridized carbons (Fsp3) is 0.143. The molecular formula is C14H12F3N. The number of hydrogen-bond acceptors (Lipinski definition) is 1. The second kappa shape index (κ2) is 4.82. The Hall–Kier alpha value is -1.81. The first kappa shape index (κ1) is 12.6. The van der Waals surface area contributed by atoms with Gasteiger partial charge in [0.15, 0.2) is 11.6 Å². The van der Waals surface area contributed by atoms with Gasteiger partial charge in [-0.25, -0.2) is 13.2 Å².